The van der Waals surface area contributed by atoms with Gasteiger partial charge in [-0.2, -0.15) is 5.10 Å². The molecule has 0 aliphatic rings. The van der Waals surface area contributed by atoms with Gasteiger partial charge in [-0.05, 0) is 42.3 Å². The third kappa shape index (κ3) is 6.71. The summed E-state index contributed by atoms with van der Waals surface area (Å²) in [4.78, 5) is 24.1. The molecule has 7 heteroatoms. The summed E-state index contributed by atoms with van der Waals surface area (Å²) in [5, 5.41) is 6.37. The molecule has 0 fully saturated rings. The fraction of sp³-hybridized carbons (Fsp3) is 0.125. The first-order valence-electron chi connectivity index (χ1n) is 9.78. The summed E-state index contributed by atoms with van der Waals surface area (Å²) >= 11 is 0. The SMILES string of the molecule is CCOc1ccccc1NC(=O)C(=O)N/N=C\c1cccc(OCc2ccccc2)c1. The molecule has 0 heterocycles. The van der Waals surface area contributed by atoms with Gasteiger partial charge in [0, 0.05) is 0 Å². The zero-order chi connectivity index (χ0) is 21.9. The minimum Gasteiger partial charge on any atom is -0.492 e. The Bertz CT molecular complexity index is 1050. The summed E-state index contributed by atoms with van der Waals surface area (Å²) in [6, 6.07) is 24.0. The molecule has 0 aliphatic heterocycles. The predicted octanol–water partition coefficient (Wildman–Crippen LogP) is 3.75. The molecule has 2 N–H and O–H groups in total. The van der Waals surface area contributed by atoms with Gasteiger partial charge in [-0.1, -0.05) is 54.6 Å². The van der Waals surface area contributed by atoms with Crippen molar-refractivity contribution >= 4 is 23.7 Å². The molecule has 3 aromatic rings. The van der Waals surface area contributed by atoms with Crippen molar-refractivity contribution in [3.05, 3.63) is 90.0 Å². The lowest BCUT2D eigenvalue weighted by atomic mass is 10.2. The maximum absolute atomic E-state index is 12.1. The second-order valence-corrected chi connectivity index (χ2v) is 6.43. The van der Waals surface area contributed by atoms with Crippen LogP contribution in [-0.2, 0) is 16.2 Å². The Balaban J connectivity index is 1.53. The van der Waals surface area contributed by atoms with E-state index >= 15 is 0 Å². The highest BCUT2D eigenvalue weighted by atomic mass is 16.5. The van der Waals surface area contributed by atoms with E-state index in [0.717, 1.165) is 5.56 Å². The average molecular weight is 417 g/mol. The number of anilines is 1. The summed E-state index contributed by atoms with van der Waals surface area (Å²) in [5.41, 5.74) is 4.41. The van der Waals surface area contributed by atoms with Crippen LogP contribution in [0.3, 0.4) is 0 Å². The second-order valence-electron chi connectivity index (χ2n) is 6.43. The van der Waals surface area contributed by atoms with Crippen LogP contribution in [0.4, 0.5) is 5.69 Å². The molecule has 0 spiro atoms. The summed E-state index contributed by atoms with van der Waals surface area (Å²) in [6.45, 7) is 2.72. The van der Waals surface area contributed by atoms with Crippen molar-refractivity contribution in [2.75, 3.05) is 11.9 Å². The van der Waals surface area contributed by atoms with Gasteiger partial charge in [0.2, 0.25) is 0 Å². The van der Waals surface area contributed by atoms with Gasteiger partial charge < -0.3 is 14.8 Å². The van der Waals surface area contributed by atoms with Crippen LogP contribution in [0.1, 0.15) is 18.1 Å². The first-order chi connectivity index (χ1) is 15.2. The molecule has 2 amide bonds. The highest BCUT2D eigenvalue weighted by molar-refractivity contribution is 6.39. The molecule has 7 nitrogen and oxygen atoms in total. The molecule has 0 bridgehead atoms. The molecule has 0 unspecified atom stereocenters. The molecule has 3 rings (SSSR count). The van der Waals surface area contributed by atoms with Gasteiger partial charge in [0.05, 0.1) is 18.5 Å². The van der Waals surface area contributed by atoms with Crippen LogP contribution in [0.2, 0.25) is 0 Å². The summed E-state index contributed by atoms with van der Waals surface area (Å²) in [7, 11) is 0. The van der Waals surface area contributed by atoms with Crippen LogP contribution in [0, 0.1) is 0 Å². The monoisotopic (exact) mass is 417 g/mol. The first kappa shape index (κ1) is 21.6. The maximum atomic E-state index is 12.1. The second kappa shape index (κ2) is 11.2. The van der Waals surface area contributed by atoms with Crippen LogP contribution in [-0.4, -0.2) is 24.6 Å². The van der Waals surface area contributed by atoms with Crippen molar-refractivity contribution in [1.29, 1.82) is 0 Å². The number of rotatable bonds is 8. The molecule has 0 radical (unpaired) electrons. The van der Waals surface area contributed by atoms with Crippen molar-refractivity contribution in [1.82, 2.24) is 5.43 Å². The molecule has 3 aromatic carbocycles. The van der Waals surface area contributed by atoms with Crippen LogP contribution in [0.25, 0.3) is 0 Å². The molecule has 0 aromatic heterocycles. The first-order valence-corrected chi connectivity index (χ1v) is 9.78. The van der Waals surface area contributed by atoms with Gasteiger partial charge in [-0.15, -0.1) is 0 Å². The van der Waals surface area contributed by atoms with Gasteiger partial charge in [-0.25, -0.2) is 5.43 Å². The van der Waals surface area contributed by atoms with Crippen molar-refractivity contribution in [2.24, 2.45) is 5.10 Å². The van der Waals surface area contributed by atoms with Gasteiger partial charge in [0.1, 0.15) is 18.1 Å². The Labute approximate surface area is 180 Å². The van der Waals surface area contributed by atoms with E-state index in [9.17, 15) is 9.59 Å². The Morgan fingerprint density at radius 2 is 1.68 bits per heavy atom. The van der Waals surface area contributed by atoms with Crippen molar-refractivity contribution < 1.29 is 19.1 Å². The molecule has 0 saturated heterocycles. The number of ether oxygens (including phenoxy) is 2. The summed E-state index contributed by atoms with van der Waals surface area (Å²) in [5.74, 6) is -0.574. The molecular weight excluding hydrogens is 394 g/mol. The van der Waals surface area contributed by atoms with Crippen LogP contribution >= 0.6 is 0 Å². The lowest BCUT2D eigenvalue weighted by Crippen LogP contribution is -2.32. The molecule has 31 heavy (non-hydrogen) atoms. The van der Waals surface area contributed by atoms with Crippen LogP contribution < -0.4 is 20.2 Å². The Morgan fingerprint density at radius 1 is 0.903 bits per heavy atom. The molecule has 0 aliphatic carbocycles. The van der Waals surface area contributed by atoms with Crippen molar-refractivity contribution in [2.45, 2.75) is 13.5 Å². The third-order valence-corrected chi connectivity index (χ3v) is 4.13. The number of para-hydroxylation sites is 2. The van der Waals surface area contributed by atoms with E-state index < -0.39 is 11.8 Å². The standard InChI is InChI=1S/C24H23N3O4/c1-2-30-22-14-7-6-13-21(22)26-23(28)24(29)27-25-16-19-11-8-12-20(15-19)31-17-18-9-4-3-5-10-18/h3-16H,2,17H2,1H3,(H,26,28)(H,27,29)/b25-16-. The molecule has 0 saturated carbocycles. The largest absolute Gasteiger partial charge is 0.492 e. The fourth-order valence-corrected chi connectivity index (χ4v) is 2.67. The number of nitrogens with one attached hydrogen (secondary N) is 2. The topological polar surface area (TPSA) is 89.0 Å². The average Bonchev–Trinajstić information content (AvgIpc) is 2.80. The van der Waals surface area contributed by atoms with E-state index in [1.165, 1.54) is 6.21 Å². The normalized spacial score (nSPS) is 10.5. The highest BCUT2D eigenvalue weighted by Gasteiger charge is 2.15. The zero-order valence-corrected chi connectivity index (χ0v) is 17.1. The lowest BCUT2D eigenvalue weighted by Gasteiger charge is -2.10. The number of carbonyl (C=O) groups excluding carboxylic acids is 2. The predicted molar refractivity (Wildman–Crippen MR) is 119 cm³/mol. The van der Waals surface area contributed by atoms with Gasteiger partial charge in [-0.3, -0.25) is 9.59 Å². The number of hydrogen-bond donors (Lipinski definition) is 2. The van der Waals surface area contributed by atoms with E-state index in [4.69, 9.17) is 9.47 Å². The lowest BCUT2D eigenvalue weighted by molar-refractivity contribution is -0.136. The van der Waals surface area contributed by atoms with E-state index in [-0.39, 0.29) is 0 Å². The van der Waals surface area contributed by atoms with Gasteiger partial charge in [0.25, 0.3) is 0 Å². The summed E-state index contributed by atoms with van der Waals surface area (Å²) < 4.78 is 11.2. The molecule has 158 valence electrons. The maximum Gasteiger partial charge on any atom is 0.329 e. The minimum atomic E-state index is -0.890. The number of amides is 2. The van der Waals surface area contributed by atoms with E-state index in [2.05, 4.69) is 15.8 Å². The summed E-state index contributed by atoms with van der Waals surface area (Å²) in [6.07, 6.45) is 1.44. The number of benzene rings is 3. The fourth-order valence-electron chi connectivity index (χ4n) is 2.67. The number of hydrogen-bond acceptors (Lipinski definition) is 5. The number of carbonyl (C=O) groups is 2. The van der Waals surface area contributed by atoms with E-state index in [1.807, 2.05) is 55.5 Å². The van der Waals surface area contributed by atoms with Crippen LogP contribution in [0.15, 0.2) is 84.0 Å². The number of hydrazone groups is 1. The third-order valence-electron chi connectivity index (χ3n) is 4.13. The minimum absolute atomic E-state index is 0.414. The zero-order valence-electron chi connectivity index (χ0n) is 17.1. The number of nitrogens with zero attached hydrogens (tertiary/aromatic N) is 1. The van der Waals surface area contributed by atoms with Crippen molar-refractivity contribution in [3.63, 3.8) is 0 Å². The van der Waals surface area contributed by atoms with Crippen LogP contribution in [0.5, 0.6) is 11.5 Å². The van der Waals surface area contributed by atoms with E-state index in [1.54, 1.807) is 30.3 Å². The van der Waals surface area contributed by atoms with E-state index in [0.29, 0.717) is 36.0 Å². The highest BCUT2D eigenvalue weighted by Crippen LogP contribution is 2.23. The van der Waals surface area contributed by atoms with Gasteiger partial charge >= 0.3 is 11.8 Å². The van der Waals surface area contributed by atoms with Crippen molar-refractivity contribution in [3.8, 4) is 11.5 Å². The Morgan fingerprint density at radius 3 is 2.48 bits per heavy atom. The Kier molecular flexibility index (Phi) is 7.77. The molecule has 0 atom stereocenters. The quantitative estimate of drug-likeness (QED) is 0.332. The smallest absolute Gasteiger partial charge is 0.329 e. The Hall–Kier alpha value is -4.13. The molecular formula is C24H23N3O4. The van der Waals surface area contributed by atoms with Gasteiger partial charge in [0.15, 0.2) is 0 Å².